The van der Waals surface area contributed by atoms with Crippen molar-refractivity contribution < 1.29 is 9.15 Å². The molecule has 28 radical (unpaired) electrons. The summed E-state index contributed by atoms with van der Waals surface area (Å²) in [5.41, 5.74) is 10.4. The normalized spacial score (nSPS) is 15.7. The van der Waals surface area contributed by atoms with Crippen LogP contribution in [0.25, 0.3) is 99.2 Å². The summed E-state index contributed by atoms with van der Waals surface area (Å²) in [6.07, 6.45) is 0. The van der Waals surface area contributed by atoms with Crippen LogP contribution in [0.2, 0.25) is 5.82 Å². The van der Waals surface area contributed by atoms with E-state index in [9.17, 15) is 0 Å². The van der Waals surface area contributed by atoms with Crippen molar-refractivity contribution in [2.24, 2.45) is 0 Å². The first-order chi connectivity index (χ1) is 34.6. The van der Waals surface area contributed by atoms with Crippen LogP contribution in [-0.2, 0) is 0 Å². The van der Waals surface area contributed by atoms with E-state index in [1.165, 1.54) is 0 Å². The van der Waals surface area contributed by atoms with E-state index in [0.29, 0.717) is 38.7 Å². The molecular weight excluding hydrogens is 860 g/mol. The first-order valence-corrected chi connectivity index (χ1v) is 22.9. The van der Waals surface area contributed by atoms with E-state index in [1.807, 2.05) is 47.0 Å². The van der Waals surface area contributed by atoms with Gasteiger partial charge in [0.15, 0.2) is 0 Å². The highest BCUT2D eigenvalue weighted by Crippen LogP contribution is 2.54. The molecule has 0 saturated carbocycles. The Bertz CT molecular complexity index is 4380. The van der Waals surface area contributed by atoms with Gasteiger partial charge < -0.3 is 18.3 Å². The molecule has 8 aromatic carbocycles. The number of allylic oxidation sites excluding steroid dienone is 4. The van der Waals surface area contributed by atoms with E-state index >= 15 is 0 Å². The third-order valence-electron chi connectivity index (χ3n) is 14.9. The lowest BCUT2D eigenvalue weighted by atomic mass is 9.57. The molecule has 1 aliphatic carbocycles. The summed E-state index contributed by atoms with van der Waals surface area (Å²) in [5, 5.41) is 4.40. The van der Waals surface area contributed by atoms with Gasteiger partial charge in [-0.2, -0.15) is 0 Å². The van der Waals surface area contributed by atoms with Crippen LogP contribution in [0.3, 0.4) is 0 Å². The van der Waals surface area contributed by atoms with E-state index in [1.54, 1.807) is 0 Å². The van der Waals surface area contributed by atoms with Gasteiger partial charge in [0.2, 0.25) is 0 Å². The summed E-state index contributed by atoms with van der Waals surface area (Å²) in [4.78, 5) is 0. The number of aromatic nitrogens is 2. The second-order valence-electron chi connectivity index (χ2n) is 18.5. The Kier molecular flexibility index (Phi) is 10.0. The third kappa shape index (κ3) is 5.90. The van der Waals surface area contributed by atoms with Gasteiger partial charge in [-0.25, -0.2) is 0 Å². The number of hydrogen-bond acceptors (Lipinski definition) is 2. The molecule has 4 nitrogen and oxygen atoms in total. The molecule has 2 atom stereocenters. The molecule has 0 amide bonds. The highest BCUT2D eigenvalue weighted by atomic mass is 16.5. The fraction of sp³-hybridized carbons (Fsp3) is 0.0370. The summed E-state index contributed by atoms with van der Waals surface area (Å²) in [6, 6.07) is 37.2. The molecule has 13 rings (SSSR count). The van der Waals surface area contributed by atoms with Gasteiger partial charge in [0.1, 0.15) is 125 Å². The second-order valence-corrected chi connectivity index (χ2v) is 18.5. The predicted octanol–water partition coefficient (Wildman–Crippen LogP) is -0.279. The molecule has 4 heterocycles. The number of benzene rings is 8. The van der Waals surface area contributed by atoms with Gasteiger partial charge in [-0.1, -0.05) is 104 Å². The Morgan fingerprint density at radius 3 is 1.71 bits per heavy atom. The van der Waals surface area contributed by atoms with E-state index in [0.717, 1.165) is 54.9 Å². The number of nitrogens with zero attached hydrogens (tertiary/aromatic N) is 2. The maximum atomic E-state index is 7.43. The fourth-order valence-corrected chi connectivity index (χ4v) is 11.4. The van der Waals surface area contributed by atoms with Crippen molar-refractivity contribution in [3.63, 3.8) is 0 Å². The molecule has 2 aliphatic rings. The Morgan fingerprint density at radius 1 is 0.417 bits per heavy atom. The average molecular weight is 880 g/mol. The minimum absolute atomic E-state index is 0.0717. The maximum absolute atomic E-state index is 7.43. The monoisotopic (exact) mass is 882 g/mol. The van der Waals surface area contributed by atoms with Gasteiger partial charge in [0, 0.05) is 49.6 Å². The molecule has 3 aromatic heterocycles. The van der Waals surface area contributed by atoms with Crippen molar-refractivity contribution in [2.45, 2.75) is 11.7 Å². The molecule has 2 unspecified atom stereocenters. The van der Waals surface area contributed by atoms with Crippen LogP contribution in [0.1, 0.15) is 11.5 Å². The van der Waals surface area contributed by atoms with Crippen LogP contribution in [0, 0.1) is 0 Å². The topological polar surface area (TPSA) is 32.2 Å². The fourth-order valence-electron chi connectivity index (χ4n) is 11.4. The smallest absolute Gasteiger partial charge is 0.128 e. The van der Waals surface area contributed by atoms with Crippen molar-refractivity contribution in [3.05, 3.63) is 131 Å². The van der Waals surface area contributed by atoms with E-state index in [4.69, 9.17) is 119 Å². The van der Waals surface area contributed by atoms with Gasteiger partial charge in [-0.3, -0.25) is 0 Å². The van der Waals surface area contributed by atoms with Crippen molar-refractivity contribution in [3.8, 4) is 33.7 Å². The number of furan rings is 1. The molecule has 0 N–H and O–H groups in total. The molecule has 300 valence electrons. The van der Waals surface area contributed by atoms with Crippen LogP contribution in [0.15, 0.2) is 130 Å². The summed E-state index contributed by atoms with van der Waals surface area (Å²) in [6.45, 7) is 0. The quantitative estimate of drug-likeness (QED) is 0.229. The molecule has 1 aliphatic heterocycles. The maximum Gasteiger partial charge on any atom is 0.128 e. The molecule has 0 fully saturated rings. The molecule has 0 saturated heterocycles. The van der Waals surface area contributed by atoms with Crippen molar-refractivity contribution in [2.75, 3.05) is 0 Å². The minimum Gasteiger partial charge on any atom is -0.462 e. The van der Waals surface area contributed by atoms with Crippen LogP contribution in [0.5, 0.6) is 5.75 Å². The first-order valence-electron chi connectivity index (χ1n) is 22.9. The molecule has 72 heavy (non-hydrogen) atoms. The Balaban J connectivity index is 1.10. The van der Waals surface area contributed by atoms with E-state index < -0.39 is 11.7 Å². The van der Waals surface area contributed by atoms with Crippen LogP contribution in [-0.4, -0.2) is 119 Å². The van der Waals surface area contributed by atoms with Crippen LogP contribution in [0.4, 0.5) is 0 Å². The Morgan fingerprint density at radius 2 is 0.986 bits per heavy atom. The van der Waals surface area contributed by atoms with Crippen LogP contribution >= 0.6 is 0 Å². The zero-order chi connectivity index (χ0) is 50.1. The van der Waals surface area contributed by atoms with Crippen LogP contribution < -0.4 is 64.8 Å². The summed E-state index contributed by atoms with van der Waals surface area (Å²) >= 11 is 0. The van der Waals surface area contributed by atoms with Gasteiger partial charge in [-0.05, 0) is 87.6 Å². The highest BCUT2D eigenvalue weighted by molar-refractivity contribution is 6.69. The molecule has 11 aromatic rings. The number of fused-ring (bicyclic) bond motifs is 12. The second kappa shape index (κ2) is 15.9. The molecular formula is C54H20B14N2O2. The largest absolute Gasteiger partial charge is 0.462 e. The molecule has 0 spiro atoms. The predicted molar refractivity (Wildman–Crippen MR) is 312 cm³/mol. The summed E-state index contributed by atoms with van der Waals surface area (Å²) < 4.78 is 17.0. The van der Waals surface area contributed by atoms with E-state index in [-0.39, 0.29) is 93.7 Å². The van der Waals surface area contributed by atoms with E-state index in [2.05, 4.69) is 71.3 Å². The lowest BCUT2D eigenvalue weighted by Crippen LogP contribution is -2.49. The van der Waals surface area contributed by atoms with Crippen molar-refractivity contribution in [1.29, 1.82) is 0 Å². The number of ether oxygens (including phenoxy) is 1. The highest BCUT2D eigenvalue weighted by Gasteiger charge is 2.43. The Labute approximate surface area is 433 Å². The zero-order valence-corrected chi connectivity index (χ0v) is 38.3. The van der Waals surface area contributed by atoms with Gasteiger partial charge in [-0.15, -0.1) is 21.9 Å². The average Bonchev–Trinajstić information content (AvgIpc) is 4.17. The van der Waals surface area contributed by atoms with Crippen molar-refractivity contribution >= 4 is 241 Å². The number of hydrogen-bond donors (Lipinski definition) is 0. The first kappa shape index (κ1) is 45.2. The van der Waals surface area contributed by atoms with Gasteiger partial charge in [0.25, 0.3) is 0 Å². The molecule has 18 heteroatoms. The molecule has 0 bridgehead atoms. The SMILES string of the molecule is [B]C1=C2Oc3c([B])c([B])c([B])c([B])c3C2C([B])C(n2c3ccc(-c4ccc5c(c4)c4ccccc4n5-c4ccccc4)cc3c3c(-c4c([B])c([B])c5c(oc6c([B])c([B])c([B])c([B])c65)c4[B])cccc32)=C1[B]. The van der Waals surface area contributed by atoms with Gasteiger partial charge in [0.05, 0.1) is 29.9 Å². The lowest BCUT2D eigenvalue weighted by molar-refractivity contribution is 0.426. The zero-order valence-electron chi connectivity index (χ0n) is 38.3. The summed E-state index contributed by atoms with van der Waals surface area (Å²) in [5.74, 6) is -1.16. The number of para-hydroxylation sites is 2. The standard InChI is InChI=1S/C54H20B14N2O2/c55-36-31(41(60)51-32(37(36)56)33-38(57)42(61)44(63)47(66)52(33)71-51)23-10-6-12-29-30(23)25-18-20(19-13-15-27-24(17-19)22-9-4-5-11-26(22)69(27)21-7-2-1-3-8-21)14-16-28(25)70(29)50-40(59)35-34-39(58)43(62)45(64)48(67)53(34)72-54(35)49(68)46(50)65/h1-18,35,40H. The summed E-state index contributed by atoms with van der Waals surface area (Å²) in [7, 11) is 94.4. The third-order valence-corrected chi connectivity index (χ3v) is 14.9. The van der Waals surface area contributed by atoms with Crippen molar-refractivity contribution in [1.82, 2.24) is 9.13 Å². The lowest BCUT2D eigenvalue weighted by Gasteiger charge is -2.34. The number of rotatable bonds is 4. The minimum atomic E-state index is -0.918. The van der Waals surface area contributed by atoms with Gasteiger partial charge >= 0.3 is 0 Å². The Hall–Kier alpha value is -6.65.